The zero-order valence-corrected chi connectivity index (χ0v) is 10.4. The van der Waals surface area contributed by atoms with E-state index >= 15 is 0 Å². The average Bonchev–Trinajstić information content (AvgIpc) is 2.32. The number of halogens is 1. The van der Waals surface area contributed by atoms with E-state index in [9.17, 15) is 4.79 Å². The second kappa shape index (κ2) is 4.84. The van der Waals surface area contributed by atoms with Crippen molar-refractivity contribution in [2.45, 2.75) is 12.8 Å². The lowest BCUT2D eigenvalue weighted by atomic mass is 10.2. The molecule has 4 nitrogen and oxygen atoms in total. The Balaban J connectivity index is 2.22. The molecule has 0 unspecified atom stereocenters. The third kappa shape index (κ3) is 2.36. The molecule has 86 valence electrons. The van der Waals surface area contributed by atoms with E-state index < -0.39 is 0 Å². The Morgan fingerprint density at radius 3 is 2.94 bits per heavy atom. The maximum Gasteiger partial charge on any atom is 0.278 e. The number of carbonyl (C=O) groups is 1. The Kier molecular flexibility index (Phi) is 3.46. The van der Waals surface area contributed by atoms with Crippen LogP contribution in [0.3, 0.4) is 0 Å². The molecule has 1 aromatic rings. The molecule has 0 atom stereocenters. The van der Waals surface area contributed by atoms with Crippen LogP contribution < -0.4 is 5.73 Å². The van der Waals surface area contributed by atoms with Crippen molar-refractivity contribution in [2.24, 2.45) is 0 Å². The minimum absolute atomic E-state index is 0.140. The summed E-state index contributed by atoms with van der Waals surface area (Å²) < 4.78 is 0.737. The van der Waals surface area contributed by atoms with Gasteiger partial charge in [-0.3, -0.25) is 9.63 Å². The first kappa shape index (κ1) is 11.4. The summed E-state index contributed by atoms with van der Waals surface area (Å²) in [6, 6.07) is 5.18. The molecule has 1 aliphatic rings. The molecule has 1 saturated heterocycles. The van der Waals surface area contributed by atoms with Crippen LogP contribution in [0, 0.1) is 0 Å². The van der Waals surface area contributed by atoms with Crippen LogP contribution in [-0.2, 0) is 4.84 Å². The lowest BCUT2D eigenvalue weighted by molar-refractivity contribution is -0.144. The molecule has 0 aromatic heterocycles. The first-order valence-electron chi connectivity index (χ1n) is 5.18. The van der Waals surface area contributed by atoms with Gasteiger partial charge in [-0.2, -0.15) is 0 Å². The number of nitrogens with zero attached hydrogens (tertiary/aromatic N) is 1. The van der Waals surface area contributed by atoms with Gasteiger partial charge in [-0.25, -0.2) is 5.06 Å². The van der Waals surface area contributed by atoms with Gasteiger partial charge >= 0.3 is 0 Å². The van der Waals surface area contributed by atoms with Crippen LogP contribution in [0.4, 0.5) is 5.69 Å². The SMILES string of the molecule is Nc1ccc(Br)c(C(=O)N2CCCCO2)c1. The van der Waals surface area contributed by atoms with Crippen LogP contribution in [-0.4, -0.2) is 24.1 Å². The van der Waals surface area contributed by atoms with E-state index in [2.05, 4.69) is 15.9 Å². The van der Waals surface area contributed by atoms with Gasteiger partial charge in [-0.05, 0) is 47.0 Å². The molecule has 0 radical (unpaired) electrons. The Morgan fingerprint density at radius 1 is 1.44 bits per heavy atom. The zero-order valence-electron chi connectivity index (χ0n) is 8.78. The maximum absolute atomic E-state index is 12.1. The molecule has 0 aliphatic carbocycles. The third-order valence-corrected chi connectivity index (χ3v) is 3.14. The van der Waals surface area contributed by atoms with Crippen molar-refractivity contribution < 1.29 is 9.63 Å². The number of hydrogen-bond donors (Lipinski definition) is 1. The normalized spacial score (nSPS) is 16.2. The van der Waals surface area contributed by atoms with E-state index in [-0.39, 0.29) is 5.91 Å². The molecule has 1 aromatic carbocycles. The number of anilines is 1. The average molecular weight is 285 g/mol. The molecule has 0 spiro atoms. The Hall–Kier alpha value is -1.07. The number of hydroxylamine groups is 2. The van der Waals surface area contributed by atoms with Gasteiger partial charge in [0.2, 0.25) is 0 Å². The summed E-state index contributed by atoms with van der Waals surface area (Å²) in [5.41, 5.74) is 6.78. The minimum Gasteiger partial charge on any atom is -0.399 e. The third-order valence-electron chi connectivity index (χ3n) is 2.45. The van der Waals surface area contributed by atoms with E-state index in [1.54, 1.807) is 18.2 Å². The van der Waals surface area contributed by atoms with Crippen molar-refractivity contribution in [3.8, 4) is 0 Å². The second-order valence-electron chi connectivity index (χ2n) is 3.69. The number of rotatable bonds is 1. The highest BCUT2D eigenvalue weighted by molar-refractivity contribution is 9.10. The minimum atomic E-state index is -0.140. The standard InChI is InChI=1S/C11H13BrN2O2/c12-10-4-3-8(13)7-9(10)11(15)14-5-1-2-6-16-14/h3-4,7H,1-2,5-6,13H2. The fourth-order valence-corrected chi connectivity index (χ4v) is 2.01. The fourth-order valence-electron chi connectivity index (χ4n) is 1.60. The molecule has 16 heavy (non-hydrogen) atoms. The Bertz CT molecular complexity index is 403. The van der Waals surface area contributed by atoms with Crippen molar-refractivity contribution in [1.29, 1.82) is 0 Å². The second-order valence-corrected chi connectivity index (χ2v) is 4.54. The summed E-state index contributed by atoms with van der Waals surface area (Å²) in [7, 11) is 0. The van der Waals surface area contributed by atoms with Crippen molar-refractivity contribution in [3.05, 3.63) is 28.2 Å². The molecule has 1 heterocycles. The monoisotopic (exact) mass is 284 g/mol. The quantitative estimate of drug-likeness (QED) is 0.805. The molecule has 5 heteroatoms. The summed E-state index contributed by atoms with van der Waals surface area (Å²) in [6.07, 6.45) is 1.98. The lowest BCUT2D eigenvalue weighted by Gasteiger charge is -2.26. The molecule has 2 N–H and O–H groups in total. The van der Waals surface area contributed by atoms with Crippen LogP contribution in [0.5, 0.6) is 0 Å². The fraction of sp³-hybridized carbons (Fsp3) is 0.364. The molecule has 0 bridgehead atoms. The predicted molar refractivity (Wildman–Crippen MR) is 64.8 cm³/mol. The summed E-state index contributed by atoms with van der Waals surface area (Å²) in [5, 5.41) is 1.41. The van der Waals surface area contributed by atoms with Crippen molar-refractivity contribution in [3.63, 3.8) is 0 Å². The summed E-state index contributed by atoms with van der Waals surface area (Å²) in [5.74, 6) is -0.140. The molecule has 1 fully saturated rings. The van der Waals surface area contributed by atoms with Gasteiger partial charge in [0.05, 0.1) is 12.2 Å². The van der Waals surface area contributed by atoms with E-state index in [0.29, 0.717) is 24.4 Å². The number of carbonyl (C=O) groups excluding carboxylic acids is 1. The largest absolute Gasteiger partial charge is 0.399 e. The topological polar surface area (TPSA) is 55.6 Å². The van der Waals surface area contributed by atoms with Crippen molar-refractivity contribution in [1.82, 2.24) is 5.06 Å². The molecule has 1 amide bonds. The summed E-state index contributed by atoms with van der Waals surface area (Å²) in [4.78, 5) is 17.4. The molecule has 1 aliphatic heterocycles. The van der Waals surface area contributed by atoms with Gasteiger partial charge in [0, 0.05) is 16.7 Å². The van der Waals surface area contributed by atoms with Crippen LogP contribution in [0.15, 0.2) is 22.7 Å². The van der Waals surface area contributed by atoms with Gasteiger partial charge < -0.3 is 5.73 Å². The molecule has 2 rings (SSSR count). The molecular formula is C11H13BrN2O2. The number of nitrogens with two attached hydrogens (primary N) is 1. The highest BCUT2D eigenvalue weighted by Gasteiger charge is 2.21. The Labute approximate surface area is 102 Å². The first-order valence-corrected chi connectivity index (χ1v) is 5.97. The van der Waals surface area contributed by atoms with Gasteiger partial charge in [0.1, 0.15) is 0 Å². The molecule has 0 saturated carbocycles. The number of benzene rings is 1. The number of amides is 1. The van der Waals surface area contributed by atoms with Gasteiger partial charge in [0.25, 0.3) is 5.91 Å². The molecular weight excluding hydrogens is 272 g/mol. The summed E-state index contributed by atoms with van der Waals surface area (Å²) >= 11 is 3.34. The highest BCUT2D eigenvalue weighted by atomic mass is 79.9. The number of nitrogen functional groups attached to an aromatic ring is 1. The van der Waals surface area contributed by atoms with Crippen LogP contribution in [0.1, 0.15) is 23.2 Å². The number of hydrogen-bond acceptors (Lipinski definition) is 3. The van der Waals surface area contributed by atoms with E-state index in [1.165, 1.54) is 5.06 Å². The van der Waals surface area contributed by atoms with E-state index in [1.807, 2.05) is 0 Å². The lowest BCUT2D eigenvalue weighted by Crippen LogP contribution is -2.35. The van der Waals surface area contributed by atoms with Crippen molar-refractivity contribution in [2.75, 3.05) is 18.9 Å². The van der Waals surface area contributed by atoms with E-state index in [4.69, 9.17) is 10.6 Å². The van der Waals surface area contributed by atoms with Crippen LogP contribution in [0.2, 0.25) is 0 Å². The van der Waals surface area contributed by atoms with Crippen molar-refractivity contribution >= 4 is 27.5 Å². The van der Waals surface area contributed by atoms with Crippen LogP contribution in [0.25, 0.3) is 0 Å². The van der Waals surface area contributed by atoms with Crippen LogP contribution >= 0.6 is 15.9 Å². The van der Waals surface area contributed by atoms with Gasteiger partial charge in [-0.1, -0.05) is 0 Å². The Morgan fingerprint density at radius 2 is 2.25 bits per heavy atom. The first-order chi connectivity index (χ1) is 7.68. The smallest absolute Gasteiger partial charge is 0.278 e. The predicted octanol–water partition coefficient (Wildman–Crippen LogP) is 2.20. The van der Waals surface area contributed by atoms with E-state index in [0.717, 1.165) is 17.3 Å². The van der Waals surface area contributed by atoms with Gasteiger partial charge in [0.15, 0.2) is 0 Å². The van der Waals surface area contributed by atoms with Gasteiger partial charge in [-0.15, -0.1) is 0 Å². The highest BCUT2D eigenvalue weighted by Crippen LogP contribution is 2.22. The maximum atomic E-state index is 12.1. The zero-order chi connectivity index (χ0) is 11.5. The summed E-state index contributed by atoms with van der Waals surface area (Å²) in [6.45, 7) is 1.24.